The standard InChI is InChI=1S/C30H39N3O5S/c1-5-20(19-34)33-25-27(36)32(22-13-11-21(12-14-22)31(6-2)7-3)17-10-16-30(25)23(26(33)35)24-28(37)38-18-9-8-15-29(24,4)39-30/h8,10-16,20,23-25,34H,5-7,9,17-19H2,1-4H3/t20-,23-,24+,25?,29-,30-/m0/s1. The van der Waals surface area contributed by atoms with E-state index in [9.17, 15) is 19.5 Å². The lowest BCUT2D eigenvalue weighted by Gasteiger charge is -2.39. The Kier molecular flexibility index (Phi) is 7.59. The van der Waals surface area contributed by atoms with E-state index >= 15 is 0 Å². The van der Waals surface area contributed by atoms with Gasteiger partial charge in [-0.25, -0.2) is 0 Å². The van der Waals surface area contributed by atoms with E-state index in [1.54, 1.807) is 9.80 Å². The largest absolute Gasteiger partial charge is 0.465 e. The SMILES string of the molecule is CC[C@@H](CO)N1C(=O)[C@@H]2[C@@H]3C(=O)OCCC=C[C@]3(C)S[C@@]23C=CCN(c2ccc(N(CC)CC)cc2)C(=O)C13. The second-order valence-electron chi connectivity index (χ2n) is 10.9. The molecule has 9 heteroatoms. The van der Waals surface area contributed by atoms with E-state index in [0.29, 0.717) is 19.4 Å². The Balaban J connectivity index is 1.61. The summed E-state index contributed by atoms with van der Waals surface area (Å²) in [5.41, 5.74) is 1.84. The molecule has 0 aliphatic carbocycles. The molecule has 4 heterocycles. The molecule has 0 aromatic heterocycles. The Labute approximate surface area is 235 Å². The molecule has 5 rings (SSSR count). The normalized spacial score (nSPS) is 32.6. The summed E-state index contributed by atoms with van der Waals surface area (Å²) in [5, 5.41) is 10.3. The van der Waals surface area contributed by atoms with E-state index in [1.807, 2.05) is 62.4 Å². The molecule has 0 saturated carbocycles. The Morgan fingerprint density at radius 3 is 2.41 bits per heavy atom. The number of aliphatic hydroxyl groups is 1. The van der Waals surface area contributed by atoms with Crippen molar-refractivity contribution in [2.24, 2.45) is 11.8 Å². The molecule has 2 amide bonds. The van der Waals surface area contributed by atoms with Gasteiger partial charge in [-0.3, -0.25) is 14.4 Å². The number of rotatable bonds is 7. The third kappa shape index (κ3) is 4.29. The highest BCUT2D eigenvalue weighted by atomic mass is 32.2. The number of hydrogen-bond donors (Lipinski definition) is 1. The van der Waals surface area contributed by atoms with Gasteiger partial charge in [-0.05, 0) is 57.9 Å². The van der Waals surface area contributed by atoms with Gasteiger partial charge in [-0.15, -0.1) is 11.8 Å². The zero-order chi connectivity index (χ0) is 27.9. The van der Waals surface area contributed by atoms with Crippen LogP contribution in [0, 0.1) is 11.8 Å². The molecule has 210 valence electrons. The lowest BCUT2D eigenvalue weighted by atomic mass is 9.74. The van der Waals surface area contributed by atoms with Crippen molar-refractivity contribution in [1.29, 1.82) is 0 Å². The van der Waals surface area contributed by atoms with Gasteiger partial charge in [0.25, 0.3) is 5.91 Å². The first-order chi connectivity index (χ1) is 18.8. The molecule has 6 atom stereocenters. The molecule has 1 N–H and O–H groups in total. The summed E-state index contributed by atoms with van der Waals surface area (Å²) in [6.45, 7) is 10.2. The minimum absolute atomic E-state index is 0.193. The maximum absolute atomic E-state index is 14.6. The van der Waals surface area contributed by atoms with E-state index in [-0.39, 0.29) is 25.0 Å². The molecule has 0 radical (unpaired) electrons. The van der Waals surface area contributed by atoms with Crippen molar-refractivity contribution in [2.75, 3.05) is 42.6 Å². The van der Waals surface area contributed by atoms with Gasteiger partial charge in [0.1, 0.15) is 6.04 Å². The monoisotopic (exact) mass is 553 g/mol. The third-order valence-electron chi connectivity index (χ3n) is 8.82. The quantitative estimate of drug-likeness (QED) is 0.409. The highest BCUT2D eigenvalue weighted by molar-refractivity contribution is 8.02. The molecule has 4 aliphatic heterocycles. The molecule has 1 spiro atoms. The third-order valence-corrected chi connectivity index (χ3v) is 10.6. The number of anilines is 2. The van der Waals surface area contributed by atoms with Crippen molar-refractivity contribution >= 4 is 40.9 Å². The number of aliphatic hydroxyl groups excluding tert-OH is 1. The predicted molar refractivity (Wildman–Crippen MR) is 154 cm³/mol. The zero-order valence-electron chi connectivity index (χ0n) is 23.2. The summed E-state index contributed by atoms with van der Waals surface area (Å²) >= 11 is 1.52. The van der Waals surface area contributed by atoms with E-state index in [2.05, 4.69) is 18.7 Å². The molecule has 4 aliphatic rings. The van der Waals surface area contributed by atoms with Gasteiger partial charge in [-0.1, -0.05) is 31.2 Å². The first-order valence-electron chi connectivity index (χ1n) is 14.1. The number of hydrogen-bond acceptors (Lipinski definition) is 7. The van der Waals surface area contributed by atoms with Crippen LogP contribution in [0.3, 0.4) is 0 Å². The summed E-state index contributed by atoms with van der Waals surface area (Å²) in [6, 6.07) is 6.57. The summed E-state index contributed by atoms with van der Waals surface area (Å²) in [6.07, 6.45) is 9.10. The van der Waals surface area contributed by atoms with Crippen LogP contribution in [0.25, 0.3) is 0 Å². The molecule has 1 aromatic rings. The number of carbonyl (C=O) groups is 3. The Morgan fingerprint density at radius 1 is 1.05 bits per heavy atom. The molecule has 1 unspecified atom stereocenters. The number of thioether (sulfide) groups is 1. The summed E-state index contributed by atoms with van der Waals surface area (Å²) in [7, 11) is 0. The van der Waals surface area contributed by atoms with Crippen LogP contribution in [0.5, 0.6) is 0 Å². The second-order valence-corrected chi connectivity index (χ2v) is 12.7. The number of esters is 1. The van der Waals surface area contributed by atoms with Crippen LogP contribution in [0.1, 0.15) is 40.5 Å². The number of amides is 2. The first-order valence-corrected chi connectivity index (χ1v) is 14.9. The lowest BCUT2D eigenvalue weighted by molar-refractivity contribution is -0.154. The summed E-state index contributed by atoms with van der Waals surface area (Å²) < 4.78 is 3.94. The van der Waals surface area contributed by atoms with Crippen LogP contribution in [0.4, 0.5) is 11.4 Å². The fourth-order valence-corrected chi connectivity index (χ4v) is 9.04. The lowest BCUT2D eigenvalue weighted by Crippen LogP contribution is -2.56. The fourth-order valence-electron chi connectivity index (χ4n) is 6.90. The van der Waals surface area contributed by atoms with Crippen molar-refractivity contribution in [3.63, 3.8) is 0 Å². The van der Waals surface area contributed by atoms with Gasteiger partial charge in [-0.2, -0.15) is 0 Å². The number of nitrogens with zero attached hydrogens (tertiary/aromatic N) is 3. The van der Waals surface area contributed by atoms with Crippen LogP contribution in [-0.2, 0) is 19.1 Å². The summed E-state index contributed by atoms with van der Waals surface area (Å²) in [4.78, 5) is 47.8. The average Bonchev–Trinajstić information content (AvgIpc) is 3.25. The molecular weight excluding hydrogens is 514 g/mol. The van der Waals surface area contributed by atoms with Crippen molar-refractivity contribution in [1.82, 2.24) is 4.90 Å². The fraction of sp³-hybridized carbons (Fsp3) is 0.567. The zero-order valence-corrected chi connectivity index (χ0v) is 24.0. The Morgan fingerprint density at radius 2 is 1.77 bits per heavy atom. The topological polar surface area (TPSA) is 90.4 Å². The van der Waals surface area contributed by atoms with Crippen LogP contribution < -0.4 is 9.80 Å². The maximum atomic E-state index is 14.6. The first kappa shape index (κ1) is 27.8. The maximum Gasteiger partial charge on any atom is 0.311 e. The molecule has 0 bridgehead atoms. The number of likely N-dealkylation sites (tertiary alicyclic amines) is 1. The van der Waals surface area contributed by atoms with Crippen LogP contribution in [0.15, 0.2) is 48.6 Å². The predicted octanol–water partition coefficient (Wildman–Crippen LogP) is 3.40. The number of cyclic esters (lactones) is 1. The van der Waals surface area contributed by atoms with Crippen LogP contribution in [0.2, 0.25) is 0 Å². The van der Waals surface area contributed by atoms with Crippen LogP contribution in [-0.4, -0.2) is 82.2 Å². The van der Waals surface area contributed by atoms with Crippen molar-refractivity contribution in [3.05, 3.63) is 48.6 Å². The average molecular weight is 554 g/mol. The summed E-state index contributed by atoms with van der Waals surface area (Å²) in [5.74, 6) is -2.34. The number of benzene rings is 1. The highest BCUT2D eigenvalue weighted by Gasteiger charge is 2.74. The number of carbonyl (C=O) groups excluding carboxylic acids is 3. The highest BCUT2D eigenvalue weighted by Crippen LogP contribution is 2.65. The van der Waals surface area contributed by atoms with Gasteiger partial charge in [0.05, 0.1) is 35.8 Å². The van der Waals surface area contributed by atoms with E-state index in [4.69, 9.17) is 4.74 Å². The minimum Gasteiger partial charge on any atom is -0.465 e. The number of ether oxygens (including phenoxy) is 1. The molecular formula is C30H39N3O5S. The molecule has 2 saturated heterocycles. The Bertz CT molecular complexity index is 1180. The second kappa shape index (κ2) is 10.7. The van der Waals surface area contributed by atoms with Gasteiger partial charge in [0.2, 0.25) is 5.91 Å². The molecule has 1 aromatic carbocycles. The Hall–Kier alpha value is -2.78. The van der Waals surface area contributed by atoms with Gasteiger partial charge < -0.3 is 24.5 Å². The smallest absolute Gasteiger partial charge is 0.311 e. The van der Waals surface area contributed by atoms with Gasteiger partial charge >= 0.3 is 5.97 Å². The van der Waals surface area contributed by atoms with Crippen LogP contribution >= 0.6 is 11.8 Å². The molecule has 2 fully saturated rings. The minimum atomic E-state index is -0.959. The van der Waals surface area contributed by atoms with Crippen molar-refractivity contribution < 1.29 is 24.2 Å². The van der Waals surface area contributed by atoms with Crippen molar-refractivity contribution in [3.8, 4) is 0 Å². The van der Waals surface area contributed by atoms with E-state index in [1.165, 1.54) is 11.8 Å². The van der Waals surface area contributed by atoms with E-state index < -0.39 is 39.4 Å². The van der Waals surface area contributed by atoms with Gasteiger partial charge in [0.15, 0.2) is 0 Å². The molecule has 8 nitrogen and oxygen atoms in total. The van der Waals surface area contributed by atoms with Gasteiger partial charge in [0, 0.05) is 35.8 Å². The molecule has 39 heavy (non-hydrogen) atoms. The van der Waals surface area contributed by atoms with Crippen molar-refractivity contribution in [2.45, 2.75) is 62.1 Å². The number of fused-ring (bicyclic) bond motifs is 2. The van der Waals surface area contributed by atoms with E-state index in [0.717, 1.165) is 24.5 Å².